The number of nitrogen functional groups attached to an aromatic ring is 1. The van der Waals surface area contributed by atoms with E-state index in [1.165, 1.54) is 12.1 Å². The van der Waals surface area contributed by atoms with E-state index in [4.69, 9.17) is 5.73 Å². The van der Waals surface area contributed by atoms with E-state index in [1.54, 1.807) is 0 Å². The Morgan fingerprint density at radius 3 is 2.61 bits per heavy atom. The van der Waals surface area contributed by atoms with Crippen molar-refractivity contribution < 1.29 is 9.18 Å². The SMILES string of the molecule is CC(C)CC(C)NC(=O)c1cc(N)c(F)cc1Br. The summed E-state index contributed by atoms with van der Waals surface area (Å²) in [5.74, 6) is -0.280. The number of nitrogens with one attached hydrogen (secondary N) is 1. The number of nitrogens with two attached hydrogens (primary N) is 1. The van der Waals surface area contributed by atoms with Gasteiger partial charge < -0.3 is 11.1 Å². The first-order valence-electron chi connectivity index (χ1n) is 5.86. The second-order valence-corrected chi connectivity index (χ2v) is 5.71. The maximum absolute atomic E-state index is 13.2. The number of halogens is 2. The van der Waals surface area contributed by atoms with E-state index < -0.39 is 5.82 Å². The van der Waals surface area contributed by atoms with Gasteiger partial charge in [-0.3, -0.25) is 4.79 Å². The molecular weight excluding hydrogens is 299 g/mol. The Kier molecular flexibility index (Phi) is 5.14. The molecule has 0 saturated carbocycles. The molecule has 1 amide bonds. The summed E-state index contributed by atoms with van der Waals surface area (Å²) in [5.41, 5.74) is 5.79. The van der Waals surface area contributed by atoms with E-state index in [2.05, 4.69) is 35.1 Å². The summed E-state index contributed by atoms with van der Waals surface area (Å²) in [6, 6.07) is 2.62. The fourth-order valence-corrected chi connectivity index (χ4v) is 2.30. The summed E-state index contributed by atoms with van der Waals surface area (Å²) in [6.07, 6.45) is 0.889. The van der Waals surface area contributed by atoms with Crippen LogP contribution < -0.4 is 11.1 Å². The Morgan fingerprint density at radius 1 is 1.44 bits per heavy atom. The highest BCUT2D eigenvalue weighted by Gasteiger charge is 2.15. The predicted molar refractivity (Wildman–Crippen MR) is 74.9 cm³/mol. The number of hydrogen-bond donors (Lipinski definition) is 2. The first-order chi connectivity index (χ1) is 8.31. The first-order valence-corrected chi connectivity index (χ1v) is 6.66. The fraction of sp³-hybridized carbons (Fsp3) is 0.462. The number of carbonyl (C=O) groups is 1. The van der Waals surface area contributed by atoms with Crippen LogP contribution in [-0.4, -0.2) is 11.9 Å². The predicted octanol–water partition coefficient (Wildman–Crippen LogP) is 3.33. The van der Waals surface area contributed by atoms with Crippen LogP contribution in [0, 0.1) is 11.7 Å². The fourth-order valence-electron chi connectivity index (χ4n) is 1.81. The molecule has 0 bridgehead atoms. The van der Waals surface area contributed by atoms with Gasteiger partial charge >= 0.3 is 0 Å². The third kappa shape index (κ3) is 3.98. The van der Waals surface area contributed by atoms with Crippen LogP contribution in [0.3, 0.4) is 0 Å². The van der Waals surface area contributed by atoms with E-state index in [1.807, 2.05) is 6.92 Å². The molecule has 0 spiro atoms. The van der Waals surface area contributed by atoms with Crippen molar-refractivity contribution >= 4 is 27.5 Å². The molecule has 0 heterocycles. The standard InChI is InChI=1S/C13H18BrFN2O/c1-7(2)4-8(3)17-13(18)9-5-12(16)11(15)6-10(9)14/h5-8H,4,16H2,1-3H3,(H,17,18). The molecule has 18 heavy (non-hydrogen) atoms. The van der Waals surface area contributed by atoms with E-state index in [0.29, 0.717) is 16.0 Å². The minimum Gasteiger partial charge on any atom is -0.396 e. The van der Waals surface area contributed by atoms with Crippen LogP contribution in [0.5, 0.6) is 0 Å². The number of hydrogen-bond acceptors (Lipinski definition) is 2. The lowest BCUT2D eigenvalue weighted by Crippen LogP contribution is -2.33. The van der Waals surface area contributed by atoms with Gasteiger partial charge in [0.25, 0.3) is 5.91 Å². The van der Waals surface area contributed by atoms with Crippen LogP contribution in [-0.2, 0) is 0 Å². The van der Waals surface area contributed by atoms with Crippen LogP contribution in [0.2, 0.25) is 0 Å². The maximum Gasteiger partial charge on any atom is 0.252 e. The van der Waals surface area contributed by atoms with Gasteiger partial charge in [-0.2, -0.15) is 0 Å². The van der Waals surface area contributed by atoms with Gasteiger partial charge in [-0.05, 0) is 47.3 Å². The number of amides is 1. The summed E-state index contributed by atoms with van der Waals surface area (Å²) in [5, 5.41) is 2.87. The number of benzene rings is 1. The molecule has 1 aromatic carbocycles. The number of carbonyl (C=O) groups excluding carboxylic acids is 1. The van der Waals surface area contributed by atoms with E-state index in [9.17, 15) is 9.18 Å². The summed E-state index contributed by atoms with van der Waals surface area (Å²) in [4.78, 5) is 12.0. The van der Waals surface area contributed by atoms with Crippen LogP contribution in [0.1, 0.15) is 37.6 Å². The van der Waals surface area contributed by atoms with Crippen molar-refractivity contribution in [1.82, 2.24) is 5.32 Å². The van der Waals surface area contributed by atoms with Crippen molar-refractivity contribution in [3.05, 3.63) is 28.0 Å². The third-order valence-electron chi connectivity index (χ3n) is 2.53. The summed E-state index contributed by atoms with van der Waals surface area (Å²) >= 11 is 3.17. The molecule has 1 atom stereocenters. The van der Waals surface area contributed by atoms with Crippen molar-refractivity contribution in [1.29, 1.82) is 0 Å². The zero-order valence-electron chi connectivity index (χ0n) is 10.8. The summed E-state index contributed by atoms with van der Waals surface area (Å²) in [6.45, 7) is 6.13. The van der Waals surface area contributed by atoms with Crippen molar-refractivity contribution in [2.45, 2.75) is 33.2 Å². The molecule has 0 saturated heterocycles. The molecular formula is C13H18BrFN2O. The highest BCUT2D eigenvalue weighted by atomic mass is 79.9. The first kappa shape index (κ1) is 15.0. The molecule has 3 N–H and O–H groups in total. The molecule has 1 aromatic rings. The normalized spacial score (nSPS) is 12.6. The highest BCUT2D eigenvalue weighted by Crippen LogP contribution is 2.23. The van der Waals surface area contributed by atoms with Crippen molar-refractivity contribution in [3.8, 4) is 0 Å². The van der Waals surface area contributed by atoms with Gasteiger partial charge in [0.1, 0.15) is 5.82 Å². The third-order valence-corrected chi connectivity index (χ3v) is 3.19. The molecule has 100 valence electrons. The molecule has 1 unspecified atom stereocenters. The van der Waals surface area contributed by atoms with E-state index >= 15 is 0 Å². The van der Waals surface area contributed by atoms with Crippen molar-refractivity contribution in [3.63, 3.8) is 0 Å². The van der Waals surface area contributed by atoms with Crippen molar-refractivity contribution in [2.75, 3.05) is 5.73 Å². The second kappa shape index (κ2) is 6.18. The number of anilines is 1. The van der Waals surface area contributed by atoms with Crippen LogP contribution >= 0.6 is 15.9 Å². The maximum atomic E-state index is 13.2. The Bertz CT molecular complexity index is 449. The summed E-state index contributed by atoms with van der Waals surface area (Å²) < 4.78 is 13.6. The van der Waals surface area contributed by atoms with Crippen LogP contribution in [0.25, 0.3) is 0 Å². The van der Waals surface area contributed by atoms with Gasteiger partial charge in [0.2, 0.25) is 0 Å². The minimum atomic E-state index is -0.534. The monoisotopic (exact) mass is 316 g/mol. The van der Waals surface area contributed by atoms with Gasteiger partial charge in [0.15, 0.2) is 0 Å². The molecule has 0 fully saturated rings. The number of rotatable bonds is 4. The van der Waals surface area contributed by atoms with Crippen molar-refractivity contribution in [2.24, 2.45) is 5.92 Å². The smallest absolute Gasteiger partial charge is 0.252 e. The van der Waals surface area contributed by atoms with Gasteiger partial charge in [0.05, 0.1) is 11.3 Å². The molecule has 0 aromatic heterocycles. The van der Waals surface area contributed by atoms with Crippen LogP contribution in [0.4, 0.5) is 10.1 Å². The van der Waals surface area contributed by atoms with Gasteiger partial charge in [-0.15, -0.1) is 0 Å². The van der Waals surface area contributed by atoms with Gasteiger partial charge in [0, 0.05) is 10.5 Å². The van der Waals surface area contributed by atoms with E-state index in [-0.39, 0.29) is 17.6 Å². The lowest BCUT2D eigenvalue weighted by molar-refractivity contribution is 0.0935. The molecule has 0 aliphatic heterocycles. The Hall–Kier alpha value is -1.10. The molecule has 0 aliphatic carbocycles. The van der Waals surface area contributed by atoms with Gasteiger partial charge in [-0.1, -0.05) is 13.8 Å². The molecule has 1 rings (SSSR count). The Balaban J connectivity index is 2.82. The Labute approximate surface area is 115 Å². The molecule has 0 radical (unpaired) electrons. The molecule has 0 aliphatic rings. The zero-order valence-corrected chi connectivity index (χ0v) is 12.3. The minimum absolute atomic E-state index is 0.0279. The lowest BCUT2D eigenvalue weighted by Gasteiger charge is -2.16. The average Bonchev–Trinajstić information content (AvgIpc) is 2.21. The second-order valence-electron chi connectivity index (χ2n) is 4.86. The largest absolute Gasteiger partial charge is 0.396 e. The molecule has 3 nitrogen and oxygen atoms in total. The Morgan fingerprint density at radius 2 is 2.06 bits per heavy atom. The highest BCUT2D eigenvalue weighted by molar-refractivity contribution is 9.10. The topological polar surface area (TPSA) is 55.1 Å². The van der Waals surface area contributed by atoms with Gasteiger partial charge in [-0.25, -0.2) is 4.39 Å². The molecule has 5 heteroatoms. The quantitative estimate of drug-likeness (QED) is 0.837. The van der Waals surface area contributed by atoms with Crippen LogP contribution in [0.15, 0.2) is 16.6 Å². The average molecular weight is 317 g/mol. The summed E-state index contributed by atoms with van der Waals surface area (Å²) in [7, 11) is 0. The lowest BCUT2D eigenvalue weighted by atomic mass is 10.0. The zero-order chi connectivity index (χ0) is 13.9. The van der Waals surface area contributed by atoms with E-state index in [0.717, 1.165) is 6.42 Å².